The lowest BCUT2D eigenvalue weighted by Gasteiger charge is -2.39. The van der Waals surface area contributed by atoms with Crippen LogP contribution in [0.3, 0.4) is 0 Å². The standard InChI is InChI=1S/C13H15N3S/c14-9-13(4-1-5-13)11-8-17-12(16-11)10-2-6-15-7-3-10/h2-3,6-8H,1,4-5,9,14H2. The Morgan fingerprint density at radius 2 is 2.06 bits per heavy atom. The van der Waals surface area contributed by atoms with E-state index >= 15 is 0 Å². The topological polar surface area (TPSA) is 51.8 Å². The van der Waals surface area contributed by atoms with Crippen molar-refractivity contribution in [1.29, 1.82) is 0 Å². The molecule has 88 valence electrons. The molecule has 0 amide bonds. The van der Waals surface area contributed by atoms with Crippen molar-refractivity contribution in [3.05, 3.63) is 35.6 Å². The van der Waals surface area contributed by atoms with Crippen molar-refractivity contribution in [1.82, 2.24) is 9.97 Å². The van der Waals surface area contributed by atoms with E-state index in [0.717, 1.165) is 10.6 Å². The predicted molar refractivity (Wildman–Crippen MR) is 69.9 cm³/mol. The van der Waals surface area contributed by atoms with Gasteiger partial charge in [0.05, 0.1) is 5.69 Å². The van der Waals surface area contributed by atoms with Gasteiger partial charge in [0.15, 0.2) is 0 Å². The fourth-order valence-corrected chi connectivity index (χ4v) is 3.26. The van der Waals surface area contributed by atoms with Crippen molar-refractivity contribution in [3.63, 3.8) is 0 Å². The molecule has 2 aromatic heterocycles. The molecule has 2 aromatic rings. The Hall–Kier alpha value is -1.26. The molecule has 1 aliphatic carbocycles. The minimum absolute atomic E-state index is 0.168. The van der Waals surface area contributed by atoms with Gasteiger partial charge in [-0.3, -0.25) is 4.98 Å². The first-order valence-electron chi connectivity index (χ1n) is 5.91. The van der Waals surface area contributed by atoms with Crippen LogP contribution in [-0.4, -0.2) is 16.5 Å². The summed E-state index contributed by atoms with van der Waals surface area (Å²) in [6, 6.07) is 4.00. The van der Waals surface area contributed by atoms with Gasteiger partial charge in [0, 0.05) is 35.3 Å². The third-order valence-electron chi connectivity index (χ3n) is 3.68. The van der Waals surface area contributed by atoms with Crippen LogP contribution < -0.4 is 5.73 Å². The molecule has 0 aromatic carbocycles. The molecule has 17 heavy (non-hydrogen) atoms. The Balaban J connectivity index is 1.93. The lowest BCUT2D eigenvalue weighted by Crippen LogP contribution is -2.41. The summed E-state index contributed by atoms with van der Waals surface area (Å²) in [5, 5.41) is 3.24. The van der Waals surface area contributed by atoms with Gasteiger partial charge in [0.2, 0.25) is 0 Å². The number of thiazole rings is 1. The second kappa shape index (κ2) is 4.20. The summed E-state index contributed by atoms with van der Waals surface area (Å²) in [5.41, 5.74) is 8.40. The van der Waals surface area contributed by atoms with Gasteiger partial charge in [0.25, 0.3) is 0 Å². The number of aromatic nitrogens is 2. The van der Waals surface area contributed by atoms with Crippen molar-refractivity contribution in [2.45, 2.75) is 24.7 Å². The number of hydrogen-bond acceptors (Lipinski definition) is 4. The van der Waals surface area contributed by atoms with E-state index in [9.17, 15) is 0 Å². The van der Waals surface area contributed by atoms with Crippen LogP contribution in [0.2, 0.25) is 0 Å². The van der Waals surface area contributed by atoms with Crippen molar-refractivity contribution >= 4 is 11.3 Å². The Morgan fingerprint density at radius 1 is 1.29 bits per heavy atom. The SMILES string of the molecule is NCC1(c2csc(-c3ccncc3)n2)CCC1. The molecule has 0 spiro atoms. The molecule has 4 heteroatoms. The third kappa shape index (κ3) is 1.77. The zero-order valence-corrected chi connectivity index (χ0v) is 10.4. The smallest absolute Gasteiger partial charge is 0.123 e. The second-order valence-corrected chi connectivity index (χ2v) is 5.47. The highest BCUT2D eigenvalue weighted by atomic mass is 32.1. The maximum Gasteiger partial charge on any atom is 0.123 e. The molecule has 1 saturated carbocycles. The summed E-state index contributed by atoms with van der Waals surface area (Å²) in [7, 11) is 0. The van der Waals surface area contributed by atoms with Crippen molar-refractivity contribution in [3.8, 4) is 10.6 Å². The molecular formula is C13H15N3S. The number of rotatable bonds is 3. The van der Waals surface area contributed by atoms with Gasteiger partial charge in [-0.25, -0.2) is 4.98 Å². The quantitative estimate of drug-likeness (QED) is 0.904. The van der Waals surface area contributed by atoms with E-state index in [-0.39, 0.29) is 5.41 Å². The van der Waals surface area contributed by atoms with E-state index in [0.29, 0.717) is 6.54 Å². The van der Waals surface area contributed by atoms with Gasteiger partial charge in [-0.2, -0.15) is 0 Å². The first-order valence-corrected chi connectivity index (χ1v) is 6.78. The van der Waals surface area contributed by atoms with Crippen LogP contribution in [0.25, 0.3) is 10.6 Å². The van der Waals surface area contributed by atoms with Gasteiger partial charge in [0.1, 0.15) is 5.01 Å². The molecule has 0 radical (unpaired) electrons. The molecule has 1 fully saturated rings. The largest absolute Gasteiger partial charge is 0.330 e. The normalized spacial score (nSPS) is 17.7. The molecule has 0 atom stereocenters. The Kier molecular flexibility index (Phi) is 2.68. The van der Waals surface area contributed by atoms with Crippen LogP contribution in [0, 0.1) is 0 Å². The summed E-state index contributed by atoms with van der Waals surface area (Å²) >= 11 is 1.70. The van der Waals surface area contributed by atoms with E-state index < -0.39 is 0 Å². The number of pyridine rings is 1. The summed E-state index contributed by atoms with van der Waals surface area (Å²) in [6.07, 6.45) is 7.25. The van der Waals surface area contributed by atoms with Crippen molar-refractivity contribution in [2.75, 3.05) is 6.54 Å². The molecule has 1 aliphatic rings. The summed E-state index contributed by atoms with van der Waals surface area (Å²) in [6.45, 7) is 0.715. The molecule has 0 unspecified atom stereocenters. The zero-order chi connectivity index (χ0) is 11.7. The van der Waals surface area contributed by atoms with Crippen LogP contribution in [0.1, 0.15) is 25.0 Å². The van der Waals surface area contributed by atoms with Crippen molar-refractivity contribution < 1.29 is 0 Å². The monoisotopic (exact) mass is 245 g/mol. The van der Waals surface area contributed by atoms with Crippen LogP contribution >= 0.6 is 11.3 Å². The maximum absolute atomic E-state index is 5.90. The first kappa shape index (κ1) is 10.9. The van der Waals surface area contributed by atoms with E-state index in [2.05, 4.69) is 10.4 Å². The fourth-order valence-electron chi connectivity index (χ4n) is 2.31. The van der Waals surface area contributed by atoms with Gasteiger partial charge in [-0.05, 0) is 25.0 Å². The fraction of sp³-hybridized carbons (Fsp3) is 0.385. The van der Waals surface area contributed by atoms with Gasteiger partial charge < -0.3 is 5.73 Å². The minimum atomic E-state index is 0.168. The number of hydrogen-bond donors (Lipinski definition) is 1. The Morgan fingerprint density at radius 3 is 2.65 bits per heavy atom. The van der Waals surface area contributed by atoms with Crippen LogP contribution in [0.15, 0.2) is 29.9 Å². The van der Waals surface area contributed by atoms with E-state index in [1.165, 1.54) is 25.0 Å². The lowest BCUT2D eigenvalue weighted by atomic mass is 9.67. The number of nitrogens with zero attached hydrogens (tertiary/aromatic N) is 2. The Labute approximate surface area is 105 Å². The van der Waals surface area contributed by atoms with Crippen LogP contribution in [0.4, 0.5) is 0 Å². The van der Waals surface area contributed by atoms with E-state index in [1.54, 1.807) is 23.7 Å². The van der Waals surface area contributed by atoms with E-state index in [4.69, 9.17) is 10.7 Å². The molecule has 3 nitrogen and oxygen atoms in total. The molecule has 2 heterocycles. The summed E-state index contributed by atoms with van der Waals surface area (Å²) < 4.78 is 0. The number of nitrogens with two attached hydrogens (primary N) is 1. The second-order valence-electron chi connectivity index (χ2n) is 4.61. The Bertz CT molecular complexity index is 497. The lowest BCUT2D eigenvalue weighted by molar-refractivity contribution is 0.247. The van der Waals surface area contributed by atoms with E-state index in [1.807, 2.05) is 12.1 Å². The average Bonchev–Trinajstić information content (AvgIpc) is 2.80. The van der Waals surface area contributed by atoms with Crippen LogP contribution in [0.5, 0.6) is 0 Å². The molecule has 0 saturated heterocycles. The highest BCUT2D eigenvalue weighted by Gasteiger charge is 2.39. The maximum atomic E-state index is 5.90. The molecule has 0 aliphatic heterocycles. The third-order valence-corrected chi connectivity index (χ3v) is 4.57. The van der Waals surface area contributed by atoms with Gasteiger partial charge in [-0.1, -0.05) is 6.42 Å². The van der Waals surface area contributed by atoms with Gasteiger partial charge in [-0.15, -0.1) is 11.3 Å². The molecular weight excluding hydrogens is 230 g/mol. The summed E-state index contributed by atoms with van der Waals surface area (Å²) in [5.74, 6) is 0. The molecule has 0 bridgehead atoms. The zero-order valence-electron chi connectivity index (χ0n) is 9.60. The molecule has 2 N–H and O–H groups in total. The minimum Gasteiger partial charge on any atom is -0.330 e. The average molecular weight is 245 g/mol. The van der Waals surface area contributed by atoms with Crippen LogP contribution in [-0.2, 0) is 5.41 Å². The van der Waals surface area contributed by atoms with Crippen molar-refractivity contribution in [2.24, 2.45) is 5.73 Å². The molecule has 3 rings (SSSR count). The highest BCUT2D eigenvalue weighted by Crippen LogP contribution is 2.43. The summed E-state index contributed by atoms with van der Waals surface area (Å²) in [4.78, 5) is 8.78. The highest BCUT2D eigenvalue weighted by molar-refractivity contribution is 7.13. The van der Waals surface area contributed by atoms with Gasteiger partial charge >= 0.3 is 0 Å². The first-order chi connectivity index (χ1) is 8.34. The predicted octanol–water partition coefficient (Wildman–Crippen LogP) is 2.59.